The van der Waals surface area contributed by atoms with Gasteiger partial charge in [-0.2, -0.15) is 0 Å². The molecule has 1 aliphatic heterocycles. The number of nitrogens with one attached hydrogen (secondary N) is 2. The van der Waals surface area contributed by atoms with Crippen LogP contribution in [0.4, 0.5) is 10.2 Å². The Hall–Kier alpha value is -3.33. The average molecular weight is 451 g/mol. The lowest BCUT2D eigenvalue weighted by atomic mass is 10.1. The number of amides is 1. The predicted molar refractivity (Wildman–Crippen MR) is 124 cm³/mol. The minimum Gasteiger partial charge on any atom is -0.355 e. The fourth-order valence-corrected chi connectivity index (χ4v) is 5.03. The number of benzene rings is 1. The number of halogens is 1. The number of pyridine rings is 1. The molecule has 2 aliphatic rings. The Morgan fingerprint density at radius 2 is 1.97 bits per heavy atom. The van der Waals surface area contributed by atoms with Crippen LogP contribution in [0.3, 0.4) is 0 Å². The molecule has 3 aromatic rings. The van der Waals surface area contributed by atoms with E-state index in [0.717, 1.165) is 51.3 Å². The summed E-state index contributed by atoms with van der Waals surface area (Å²) in [5.41, 5.74) is 0.825. The molecule has 1 saturated carbocycles. The maximum Gasteiger partial charge on any atom is 0.258 e. The molecule has 0 unspecified atom stereocenters. The van der Waals surface area contributed by atoms with E-state index in [9.17, 15) is 14.0 Å². The Balaban J connectivity index is 1.21. The zero-order valence-electron chi connectivity index (χ0n) is 18.6. The summed E-state index contributed by atoms with van der Waals surface area (Å²) in [6.45, 7) is 3.64. The number of piperazine rings is 1. The molecule has 2 atom stereocenters. The Labute approximate surface area is 190 Å². The van der Waals surface area contributed by atoms with E-state index in [-0.39, 0.29) is 17.4 Å². The molecule has 5 rings (SSSR count). The number of hydrogen-bond acceptors (Lipinski definition) is 6. The number of rotatable bonds is 4. The summed E-state index contributed by atoms with van der Waals surface area (Å²) in [6.07, 6.45) is 4.61. The van der Waals surface area contributed by atoms with E-state index in [0.29, 0.717) is 28.3 Å². The number of nitrogens with zero attached hydrogens (tertiary/aromatic N) is 4. The van der Waals surface area contributed by atoms with Gasteiger partial charge in [0.05, 0.1) is 16.5 Å². The largest absolute Gasteiger partial charge is 0.355 e. The average Bonchev–Trinajstić information content (AvgIpc) is 3.34. The van der Waals surface area contributed by atoms with Crippen molar-refractivity contribution in [2.75, 3.05) is 38.1 Å². The second kappa shape index (κ2) is 8.90. The lowest BCUT2D eigenvalue weighted by molar-refractivity contribution is 0.0962. The number of carbonyl (C=O) groups excluding carboxylic acids is 1. The van der Waals surface area contributed by atoms with E-state index in [1.54, 1.807) is 25.4 Å². The van der Waals surface area contributed by atoms with Crippen molar-refractivity contribution in [1.82, 2.24) is 25.2 Å². The number of H-pyrrole nitrogens is 1. The third-order valence-corrected chi connectivity index (χ3v) is 6.87. The first-order valence-electron chi connectivity index (χ1n) is 11.4. The number of aromatic nitrogens is 3. The topological polar surface area (TPSA) is 94.2 Å². The van der Waals surface area contributed by atoms with Gasteiger partial charge < -0.3 is 15.2 Å². The van der Waals surface area contributed by atoms with Crippen molar-refractivity contribution in [3.05, 3.63) is 64.1 Å². The molecule has 1 saturated heterocycles. The van der Waals surface area contributed by atoms with Crippen LogP contribution in [-0.4, -0.2) is 65.0 Å². The van der Waals surface area contributed by atoms with E-state index in [2.05, 4.69) is 30.1 Å². The van der Waals surface area contributed by atoms with Crippen LogP contribution in [0.5, 0.6) is 0 Å². The van der Waals surface area contributed by atoms with Crippen LogP contribution in [0.15, 0.2) is 41.3 Å². The first-order valence-corrected chi connectivity index (χ1v) is 11.4. The molecule has 0 bridgehead atoms. The fraction of sp³-hybridized carbons (Fsp3) is 0.417. The van der Waals surface area contributed by atoms with Crippen LogP contribution in [-0.2, 0) is 0 Å². The first kappa shape index (κ1) is 21.5. The summed E-state index contributed by atoms with van der Waals surface area (Å²) in [7, 11) is 1.61. The first-order chi connectivity index (χ1) is 16.0. The van der Waals surface area contributed by atoms with Crippen LogP contribution in [0.25, 0.3) is 10.9 Å². The number of anilines is 1. The van der Waals surface area contributed by atoms with Gasteiger partial charge in [0.25, 0.3) is 11.5 Å². The van der Waals surface area contributed by atoms with Gasteiger partial charge in [-0.1, -0.05) is 0 Å². The van der Waals surface area contributed by atoms with Gasteiger partial charge in [0.15, 0.2) is 0 Å². The summed E-state index contributed by atoms with van der Waals surface area (Å²) >= 11 is 0. The van der Waals surface area contributed by atoms with Crippen molar-refractivity contribution in [1.29, 1.82) is 0 Å². The van der Waals surface area contributed by atoms with Crippen molar-refractivity contribution in [3.63, 3.8) is 0 Å². The molecule has 2 N–H and O–H groups in total. The van der Waals surface area contributed by atoms with E-state index >= 15 is 0 Å². The van der Waals surface area contributed by atoms with Crippen molar-refractivity contribution in [2.45, 2.75) is 31.2 Å². The summed E-state index contributed by atoms with van der Waals surface area (Å²) in [4.78, 5) is 40.9. The molecule has 1 amide bonds. The molecule has 1 aliphatic carbocycles. The molecule has 172 valence electrons. The molecule has 9 heteroatoms. The number of carbonyl (C=O) groups is 1. The van der Waals surface area contributed by atoms with Crippen LogP contribution in [0, 0.1) is 5.82 Å². The molecule has 0 radical (unpaired) electrons. The zero-order chi connectivity index (χ0) is 22.9. The molecule has 0 spiro atoms. The molecule has 2 aromatic heterocycles. The lowest BCUT2D eigenvalue weighted by Crippen LogP contribution is -2.50. The van der Waals surface area contributed by atoms with Gasteiger partial charge in [-0.05, 0) is 49.6 Å². The molecular formula is C24H27FN6O2. The number of fused-ring (bicyclic) bond motifs is 1. The highest BCUT2D eigenvalue weighted by molar-refractivity contribution is 5.93. The smallest absolute Gasteiger partial charge is 0.258 e. The summed E-state index contributed by atoms with van der Waals surface area (Å²) in [5, 5.41) is 2.90. The molecule has 8 nitrogen and oxygen atoms in total. The summed E-state index contributed by atoms with van der Waals surface area (Å²) < 4.78 is 13.5. The standard InChI is InChI=1S/C24H27FN6O2/c1-26-23(32)16-3-7-21(27-14-16)31-10-8-30(9-11-31)18-5-2-15(12-18)22-28-20-6-4-17(25)13-19(20)24(33)29-22/h3-4,6-7,13-15,18H,2,5,8-12H2,1H3,(H,26,32)(H,28,29,33)/t15-,18+/m1/s1. The Kier molecular flexibility index (Phi) is 5.80. The van der Waals surface area contributed by atoms with E-state index < -0.39 is 5.82 Å². The number of hydrogen-bond donors (Lipinski definition) is 2. The summed E-state index contributed by atoms with van der Waals surface area (Å²) in [5.74, 6) is 1.24. The minimum atomic E-state index is -0.430. The highest BCUT2D eigenvalue weighted by Crippen LogP contribution is 2.36. The van der Waals surface area contributed by atoms with Gasteiger partial charge in [0, 0.05) is 51.4 Å². The molecule has 3 heterocycles. The SMILES string of the molecule is CNC(=O)c1ccc(N2CCN([C@H]3CC[C@@H](c4nc5ccc(F)cc5c(=O)[nH]4)C3)CC2)nc1. The Morgan fingerprint density at radius 3 is 2.70 bits per heavy atom. The van der Waals surface area contributed by atoms with Gasteiger partial charge in [0.1, 0.15) is 17.5 Å². The molecular weight excluding hydrogens is 423 g/mol. The highest BCUT2D eigenvalue weighted by atomic mass is 19.1. The van der Waals surface area contributed by atoms with Gasteiger partial charge in [-0.3, -0.25) is 14.5 Å². The zero-order valence-corrected chi connectivity index (χ0v) is 18.6. The van der Waals surface area contributed by atoms with Gasteiger partial charge >= 0.3 is 0 Å². The predicted octanol–water partition coefficient (Wildman–Crippen LogP) is 2.28. The third-order valence-electron chi connectivity index (χ3n) is 6.87. The monoisotopic (exact) mass is 450 g/mol. The summed E-state index contributed by atoms with van der Waals surface area (Å²) in [6, 6.07) is 8.32. The molecule has 2 fully saturated rings. The second-order valence-electron chi connectivity index (χ2n) is 8.78. The van der Waals surface area contributed by atoms with Gasteiger partial charge in [-0.25, -0.2) is 14.4 Å². The van der Waals surface area contributed by atoms with Crippen molar-refractivity contribution in [2.24, 2.45) is 0 Å². The Bertz CT molecular complexity index is 1220. The molecule has 1 aromatic carbocycles. The van der Waals surface area contributed by atoms with E-state index in [4.69, 9.17) is 0 Å². The fourth-order valence-electron chi connectivity index (χ4n) is 5.03. The van der Waals surface area contributed by atoms with E-state index in [1.165, 1.54) is 12.1 Å². The number of aromatic amines is 1. The quantitative estimate of drug-likeness (QED) is 0.633. The van der Waals surface area contributed by atoms with Crippen LogP contribution in [0.2, 0.25) is 0 Å². The molecule has 33 heavy (non-hydrogen) atoms. The normalized spacial score (nSPS) is 21.5. The van der Waals surface area contributed by atoms with Crippen LogP contribution in [0.1, 0.15) is 41.4 Å². The van der Waals surface area contributed by atoms with Crippen LogP contribution < -0.4 is 15.8 Å². The highest BCUT2D eigenvalue weighted by Gasteiger charge is 2.33. The van der Waals surface area contributed by atoms with Gasteiger partial charge in [0.2, 0.25) is 0 Å². The van der Waals surface area contributed by atoms with Crippen molar-refractivity contribution in [3.8, 4) is 0 Å². The second-order valence-corrected chi connectivity index (χ2v) is 8.78. The van der Waals surface area contributed by atoms with Crippen molar-refractivity contribution >= 4 is 22.6 Å². The minimum absolute atomic E-state index is 0.135. The maximum absolute atomic E-state index is 13.5. The Morgan fingerprint density at radius 1 is 1.15 bits per heavy atom. The van der Waals surface area contributed by atoms with Crippen molar-refractivity contribution < 1.29 is 9.18 Å². The lowest BCUT2D eigenvalue weighted by Gasteiger charge is -2.38. The van der Waals surface area contributed by atoms with E-state index in [1.807, 2.05) is 6.07 Å². The maximum atomic E-state index is 13.5. The van der Waals surface area contributed by atoms with Crippen LogP contribution >= 0.6 is 0 Å². The van der Waals surface area contributed by atoms with Gasteiger partial charge in [-0.15, -0.1) is 0 Å². The third kappa shape index (κ3) is 4.32.